The van der Waals surface area contributed by atoms with Crippen LogP contribution in [0.25, 0.3) is 0 Å². The van der Waals surface area contributed by atoms with Crippen LogP contribution in [0.1, 0.15) is 30.4 Å². The van der Waals surface area contributed by atoms with E-state index in [1.807, 2.05) is 14.1 Å². The van der Waals surface area contributed by atoms with Gasteiger partial charge in [0.15, 0.2) is 0 Å². The van der Waals surface area contributed by atoms with Crippen LogP contribution in [0.2, 0.25) is 0 Å². The van der Waals surface area contributed by atoms with Gasteiger partial charge >= 0.3 is 0 Å². The topological polar surface area (TPSA) is 35.6 Å². The highest BCUT2D eigenvalue weighted by atomic mass is 16.2. The van der Waals surface area contributed by atoms with Gasteiger partial charge in [0.25, 0.3) is 0 Å². The zero-order chi connectivity index (χ0) is 15.6. The maximum absolute atomic E-state index is 11.7. The number of piperidine rings is 1. The highest BCUT2D eigenvalue weighted by Crippen LogP contribution is 2.37. The van der Waals surface area contributed by atoms with Gasteiger partial charge in [-0.2, -0.15) is 0 Å². The molecule has 4 nitrogen and oxygen atoms in total. The van der Waals surface area contributed by atoms with E-state index < -0.39 is 0 Å². The van der Waals surface area contributed by atoms with E-state index in [0.29, 0.717) is 6.42 Å². The number of likely N-dealkylation sites (tertiary alicyclic amines) is 1. The molecule has 1 spiro atoms. The molecule has 1 N–H and O–H groups in total. The van der Waals surface area contributed by atoms with Gasteiger partial charge in [-0.15, -0.1) is 0 Å². The maximum Gasteiger partial charge on any atom is 0.223 e. The van der Waals surface area contributed by atoms with Crippen molar-refractivity contribution in [2.45, 2.75) is 31.2 Å². The van der Waals surface area contributed by atoms with Crippen LogP contribution in [0.3, 0.4) is 0 Å². The van der Waals surface area contributed by atoms with E-state index in [-0.39, 0.29) is 11.4 Å². The fraction of sp³-hybridized carbons (Fsp3) is 0.611. The summed E-state index contributed by atoms with van der Waals surface area (Å²) >= 11 is 0. The van der Waals surface area contributed by atoms with Crippen molar-refractivity contribution >= 4 is 5.91 Å². The molecule has 2 heterocycles. The molecule has 4 heteroatoms. The number of fused-ring (bicyclic) bond motifs is 2. The molecule has 120 valence electrons. The Labute approximate surface area is 133 Å². The molecule has 1 amide bonds. The number of carbonyl (C=O) groups excluding carboxylic acids is 1. The van der Waals surface area contributed by atoms with Crippen LogP contribution in [-0.2, 0) is 16.8 Å². The normalized spacial score (nSPS) is 20.6. The first-order chi connectivity index (χ1) is 10.6. The van der Waals surface area contributed by atoms with Crippen molar-refractivity contribution in [2.24, 2.45) is 0 Å². The van der Waals surface area contributed by atoms with Crippen LogP contribution in [0.4, 0.5) is 0 Å². The second-order valence-corrected chi connectivity index (χ2v) is 6.80. The van der Waals surface area contributed by atoms with Gasteiger partial charge in [-0.1, -0.05) is 24.3 Å². The fourth-order valence-corrected chi connectivity index (χ4v) is 3.82. The monoisotopic (exact) mass is 301 g/mol. The molecule has 1 aromatic rings. The predicted octanol–water partition coefficient (Wildman–Crippen LogP) is 1.60. The third kappa shape index (κ3) is 3.03. The quantitative estimate of drug-likeness (QED) is 0.921. The lowest BCUT2D eigenvalue weighted by Crippen LogP contribution is -2.54. The molecule has 0 aliphatic carbocycles. The molecule has 0 bridgehead atoms. The lowest BCUT2D eigenvalue weighted by Gasteiger charge is -2.46. The van der Waals surface area contributed by atoms with E-state index in [0.717, 1.165) is 45.4 Å². The molecule has 22 heavy (non-hydrogen) atoms. The summed E-state index contributed by atoms with van der Waals surface area (Å²) in [7, 11) is 3.66. The third-order valence-electron chi connectivity index (χ3n) is 5.24. The molecular weight excluding hydrogens is 274 g/mol. The molecule has 2 aliphatic heterocycles. The van der Waals surface area contributed by atoms with E-state index in [9.17, 15) is 4.79 Å². The molecule has 0 saturated carbocycles. The Bertz CT molecular complexity index is 533. The smallest absolute Gasteiger partial charge is 0.223 e. The first-order valence-electron chi connectivity index (χ1n) is 8.37. The number of nitrogens with zero attached hydrogens (tertiary/aromatic N) is 2. The van der Waals surface area contributed by atoms with Crippen molar-refractivity contribution < 1.29 is 4.79 Å². The molecule has 1 saturated heterocycles. The standard InChI is InChI=1S/C18H27N3O/c1-20(2)17(22)8-12-21-13-9-18(10-14-21)16-6-4-3-5-15(16)7-11-19-18/h3-6,19H,7-14H2,1-2H3. The zero-order valence-electron chi connectivity index (χ0n) is 13.8. The van der Waals surface area contributed by atoms with E-state index >= 15 is 0 Å². The number of hydrogen-bond donors (Lipinski definition) is 1. The second-order valence-electron chi connectivity index (χ2n) is 6.80. The number of nitrogens with one attached hydrogen (secondary N) is 1. The molecular formula is C18H27N3O. The second kappa shape index (κ2) is 6.39. The molecule has 1 aromatic carbocycles. The Morgan fingerprint density at radius 1 is 1.27 bits per heavy atom. The maximum atomic E-state index is 11.7. The van der Waals surface area contributed by atoms with Crippen LogP contribution in [0.15, 0.2) is 24.3 Å². The van der Waals surface area contributed by atoms with Crippen molar-refractivity contribution in [3.8, 4) is 0 Å². The minimum Gasteiger partial charge on any atom is -0.349 e. The summed E-state index contributed by atoms with van der Waals surface area (Å²) in [6.07, 6.45) is 4.04. The first kappa shape index (κ1) is 15.5. The molecule has 3 rings (SSSR count). The van der Waals surface area contributed by atoms with Gasteiger partial charge in [-0.05, 0) is 30.4 Å². The minimum absolute atomic E-state index is 0.164. The molecule has 0 unspecified atom stereocenters. The fourth-order valence-electron chi connectivity index (χ4n) is 3.82. The molecule has 2 aliphatic rings. The number of amides is 1. The van der Waals surface area contributed by atoms with Gasteiger partial charge in [0.2, 0.25) is 5.91 Å². The lowest BCUT2D eigenvalue weighted by atomic mass is 9.76. The Balaban J connectivity index is 1.61. The van der Waals surface area contributed by atoms with E-state index in [1.165, 1.54) is 11.1 Å². The van der Waals surface area contributed by atoms with Crippen LogP contribution >= 0.6 is 0 Å². The summed E-state index contributed by atoms with van der Waals surface area (Å²) in [4.78, 5) is 15.9. The Kier molecular flexibility index (Phi) is 4.50. The van der Waals surface area contributed by atoms with Gasteiger partial charge < -0.3 is 15.1 Å². The zero-order valence-corrected chi connectivity index (χ0v) is 13.8. The summed E-state index contributed by atoms with van der Waals surface area (Å²) in [6.45, 7) is 4.11. The summed E-state index contributed by atoms with van der Waals surface area (Å²) in [6, 6.07) is 8.89. The van der Waals surface area contributed by atoms with Crippen molar-refractivity contribution in [3.63, 3.8) is 0 Å². The van der Waals surface area contributed by atoms with Crippen molar-refractivity contribution in [2.75, 3.05) is 40.3 Å². The summed E-state index contributed by atoms with van der Waals surface area (Å²) in [5.74, 6) is 0.224. The molecule has 0 aromatic heterocycles. The minimum atomic E-state index is 0.164. The highest BCUT2D eigenvalue weighted by molar-refractivity contribution is 5.75. The predicted molar refractivity (Wildman–Crippen MR) is 88.8 cm³/mol. The largest absolute Gasteiger partial charge is 0.349 e. The Morgan fingerprint density at radius 2 is 2.00 bits per heavy atom. The van der Waals surface area contributed by atoms with Crippen LogP contribution in [-0.4, -0.2) is 56.0 Å². The van der Waals surface area contributed by atoms with Crippen molar-refractivity contribution in [1.82, 2.24) is 15.1 Å². The lowest BCUT2D eigenvalue weighted by molar-refractivity contribution is -0.129. The number of carbonyl (C=O) groups is 1. The van der Waals surface area contributed by atoms with Crippen LogP contribution in [0.5, 0.6) is 0 Å². The highest BCUT2D eigenvalue weighted by Gasteiger charge is 2.38. The number of benzene rings is 1. The van der Waals surface area contributed by atoms with E-state index in [4.69, 9.17) is 0 Å². The molecule has 1 fully saturated rings. The number of hydrogen-bond acceptors (Lipinski definition) is 3. The van der Waals surface area contributed by atoms with E-state index in [1.54, 1.807) is 4.90 Å². The Hall–Kier alpha value is -1.39. The van der Waals surface area contributed by atoms with Crippen LogP contribution in [0, 0.1) is 0 Å². The average molecular weight is 301 g/mol. The summed E-state index contributed by atoms with van der Waals surface area (Å²) < 4.78 is 0. The average Bonchev–Trinajstić information content (AvgIpc) is 2.54. The number of rotatable bonds is 3. The van der Waals surface area contributed by atoms with Gasteiger partial charge in [0.1, 0.15) is 0 Å². The third-order valence-corrected chi connectivity index (χ3v) is 5.24. The van der Waals surface area contributed by atoms with Crippen molar-refractivity contribution in [3.05, 3.63) is 35.4 Å². The molecule has 0 radical (unpaired) electrons. The molecule has 0 atom stereocenters. The van der Waals surface area contributed by atoms with Gasteiger partial charge in [0, 0.05) is 52.2 Å². The van der Waals surface area contributed by atoms with Crippen molar-refractivity contribution in [1.29, 1.82) is 0 Å². The van der Waals surface area contributed by atoms with Crippen LogP contribution < -0.4 is 5.32 Å². The Morgan fingerprint density at radius 3 is 2.73 bits per heavy atom. The summed E-state index contributed by atoms with van der Waals surface area (Å²) in [5.41, 5.74) is 3.18. The van der Waals surface area contributed by atoms with Gasteiger partial charge in [-0.3, -0.25) is 4.79 Å². The van der Waals surface area contributed by atoms with Gasteiger partial charge in [-0.25, -0.2) is 0 Å². The first-order valence-corrected chi connectivity index (χ1v) is 8.37. The summed E-state index contributed by atoms with van der Waals surface area (Å²) in [5, 5.41) is 3.79. The van der Waals surface area contributed by atoms with Gasteiger partial charge in [0.05, 0.1) is 0 Å². The SMILES string of the molecule is CN(C)C(=O)CCN1CCC2(CC1)NCCc1ccccc12. The van der Waals surface area contributed by atoms with E-state index in [2.05, 4.69) is 34.5 Å².